The van der Waals surface area contributed by atoms with E-state index in [9.17, 15) is 4.21 Å². The molecule has 1 aromatic carbocycles. The second kappa shape index (κ2) is 9.18. The molecule has 1 saturated heterocycles. The van der Waals surface area contributed by atoms with E-state index < -0.39 is 10.8 Å². The number of halogens is 2. The van der Waals surface area contributed by atoms with Crippen molar-refractivity contribution < 1.29 is 8.63 Å². The van der Waals surface area contributed by atoms with Gasteiger partial charge in [0, 0.05) is 52.7 Å². The van der Waals surface area contributed by atoms with Crippen LogP contribution in [0.4, 0.5) is 0 Å². The summed E-state index contributed by atoms with van der Waals surface area (Å²) in [5.41, 5.74) is 1.68. The Hall–Kier alpha value is -1.38. The van der Waals surface area contributed by atoms with Crippen LogP contribution in [0.25, 0.3) is 11.3 Å². The fourth-order valence-electron chi connectivity index (χ4n) is 3.17. The van der Waals surface area contributed by atoms with Gasteiger partial charge in [0.25, 0.3) is 0 Å². The molecule has 0 aliphatic carbocycles. The Morgan fingerprint density at radius 3 is 2.52 bits per heavy atom. The summed E-state index contributed by atoms with van der Waals surface area (Å²) in [5, 5.41) is 2.05. The van der Waals surface area contributed by atoms with E-state index in [4.69, 9.17) is 32.8 Å². The maximum Gasteiger partial charge on any atom is 0.199 e. The van der Waals surface area contributed by atoms with Crippen LogP contribution in [0, 0.1) is 0 Å². The van der Waals surface area contributed by atoms with Crippen molar-refractivity contribution in [1.82, 2.24) is 14.4 Å². The lowest BCUT2D eigenvalue weighted by atomic mass is 9.98. The first-order valence-electron chi connectivity index (χ1n) is 9.14. The Kier molecular flexibility index (Phi) is 6.61. The van der Waals surface area contributed by atoms with E-state index in [0.29, 0.717) is 10.1 Å². The van der Waals surface area contributed by atoms with Crippen LogP contribution >= 0.6 is 35.1 Å². The van der Waals surface area contributed by atoms with Gasteiger partial charge in [-0.2, -0.15) is 0 Å². The van der Waals surface area contributed by atoms with E-state index in [-0.39, 0.29) is 5.92 Å². The van der Waals surface area contributed by atoms with Crippen LogP contribution in [0.15, 0.2) is 62.0 Å². The standard InChI is InChI=1S/C20H19Cl2N3O2S2/c1-29(26)16-5-2-13(3-6-16)18-20(28-17-7-4-15(21)12-23-17)27-19(24-18)14-8-10-25(22)11-9-14/h2-7,12,14H,8-11H2,1H3. The van der Waals surface area contributed by atoms with Gasteiger partial charge in [-0.05, 0) is 60.6 Å². The van der Waals surface area contributed by atoms with Gasteiger partial charge in [0.2, 0.25) is 0 Å². The molecule has 0 saturated carbocycles. The third-order valence-electron chi connectivity index (χ3n) is 4.76. The zero-order chi connectivity index (χ0) is 20.4. The van der Waals surface area contributed by atoms with Crippen LogP contribution in [-0.4, -0.2) is 37.9 Å². The summed E-state index contributed by atoms with van der Waals surface area (Å²) < 4.78 is 19.7. The van der Waals surface area contributed by atoms with Crippen molar-refractivity contribution >= 4 is 45.9 Å². The van der Waals surface area contributed by atoms with Gasteiger partial charge in [-0.15, -0.1) is 0 Å². The normalized spacial score (nSPS) is 16.8. The third-order valence-corrected chi connectivity index (χ3v) is 7.17. The fraction of sp³-hybridized carbons (Fsp3) is 0.300. The quantitative estimate of drug-likeness (QED) is 0.454. The number of piperidine rings is 1. The Morgan fingerprint density at radius 2 is 1.90 bits per heavy atom. The minimum Gasteiger partial charge on any atom is -0.433 e. The summed E-state index contributed by atoms with van der Waals surface area (Å²) in [4.78, 5) is 9.97. The molecule has 4 rings (SSSR count). The van der Waals surface area contributed by atoms with Gasteiger partial charge in [0.05, 0.1) is 5.02 Å². The average Bonchev–Trinajstić information content (AvgIpc) is 3.14. The molecule has 0 spiro atoms. The molecule has 29 heavy (non-hydrogen) atoms. The molecule has 1 unspecified atom stereocenters. The molecule has 3 heterocycles. The van der Waals surface area contributed by atoms with Crippen molar-refractivity contribution in [2.75, 3.05) is 19.3 Å². The topological polar surface area (TPSA) is 59.2 Å². The second-order valence-electron chi connectivity index (χ2n) is 6.77. The van der Waals surface area contributed by atoms with Gasteiger partial charge in [0.1, 0.15) is 10.7 Å². The van der Waals surface area contributed by atoms with Gasteiger partial charge in [-0.1, -0.05) is 23.7 Å². The number of hydrogen-bond acceptors (Lipinski definition) is 6. The summed E-state index contributed by atoms with van der Waals surface area (Å²) in [7, 11) is -1.02. The zero-order valence-electron chi connectivity index (χ0n) is 15.7. The fourth-order valence-corrected chi connectivity index (χ4v) is 4.81. The Morgan fingerprint density at radius 1 is 1.17 bits per heavy atom. The van der Waals surface area contributed by atoms with E-state index in [2.05, 4.69) is 4.98 Å². The second-order valence-corrected chi connectivity index (χ2v) is 10.1. The van der Waals surface area contributed by atoms with Crippen molar-refractivity contribution in [1.29, 1.82) is 0 Å². The largest absolute Gasteiger partial charge is 0.433 e. The maximum atomic E-state index is 11.7. The summed E-state index contributed by atoms with van der Waals surface area (Å²) in [6.45, 7) is 1.62. The lowest BCUT2D eigenvalue weighted by molar-refractivity contribution is 0.289. The molecular weight excluding hydrogens is 449 g/mol. The van der Waals surface area contributed by atoms with Crippen molar-refractivity contribution in [3.63, 3.8) is 0 Å². The van der Waals surface area contributed by atoms with Crippen molar-refractivity contribution in [3.05, 3.63) is 53.5 Å². The number of aromatic nitrogens is 2. The average molecular weight is 468 g/mol. The van der Waals surface area contributed by atoms with Crippen molar-refractivity contribution in [2.24, 2.45) is 0 Å². The summed E-state index contributed by atoms with van der Waals surface area (Å²) in [5.74, 6) is 0.961. The molecule has 0 radical (unpaired) electrons. The van der Waals surface area contributed by atoms with Gasteiger partial charge in [-0.25, -0.2) is 14.4 Å². The van der Waals surface area contributed by atoms with Gasteiger partial charge in [0.15, 0.2) is 11.0 Å². The molecule has 3 aromatic rings. The van der Waals surface area contributed by atoms with E-state index in [1.165, 1.54) is 11.8 Å². The van der Waals surface area contributed by atoms with E-state index in [1.807, 2.05) is 30.3 Å². The summed E-state index contributed by atoms with van der Waals surface area (Å²) in [6, 6.07) is 11.2. The first-order chi connectivity index (χ1) is 14.0. The molecule has 2 aromatic heterocycles. The van der Waals surface area contributed by atoms with Crippen LogP contribution < -0.4 is 0 Å². The number of nitrogens with zero attached hydrogens (tertiary/aromatic N) is 3. The molecule has 9 heteroatoms. The Balaban J connectivity index is 1.68. The minimum atomic E-state index is -1.02. The predicted molar refractivity (Wildman–Crippen MR) is 117 cm³/mol. The van der Waals surface area contributed by atoms with E-state index in [1.54, 1.807) is 22.9 Å². The van der Waals surface area contributed by atoms with E-state index >= 15 is 0 Å². The smallest absolute Gasteiger partial charge is 0.199 e. The number of hydrogen-bond donors (Lipinski definition) is 0. The zero-order valence-corrected chi connectivity index (χ0v) is 18.8. The van der Waals surface area contributed by atoms with Gasteiger partial charge < -0.3 is 4.42 Å². The number of benzene rings is 1. The molecular formula is C20H19Cl2N3O2S2. The van der Waals surface area contributed by atoms with Crippen molar-refractivity contribution in [2.45, 2.75) is 33.8 Å². The summed E-state index contributed by atoms with van der Waals surface area (Å²) >= 11 is 13.5. The highest BCUT2D eigenvalue weighted by Crippen LogP contribution is 2.39. The SMILES string of the molecule is CS(=O)c1ccc(-c2nc(C3CCN(Cl)CC3)oc2Sc2ccc(Cl)cn2)cc1. The third kappa shape index (κ3) is 5.03. The van der Waals surface area contributed by atoms with Crippen LogP contribution in [0.5, 0.6) is 0 Å². The monoisotopic (exact) mass is 467 g/mol. The summed E-state index contributed by atoms with van der Waals surface area (Å²) in [6.07, 6.45) is 5.09. The van der Waals surface area contributed by atoms with Crippen LogP contribution in [0.3, 0.4) is 0 Å². The van der Waals surface area contributed by atoms with Gasteiger partial charge >= 0.3 is 0 Å². The molecule has 1 atom stereocenters. The molecule has 1 aliphatic heterocycles. The molecule has 1 fully saturated rings. The molecule has 0 amide bonds. The highest BCUT2D eigenvalue weighted by atomic mass is 35.5. The van der Waals surface area contributed by atoms with Gasteiger partial charge in [-0.3, -0.25) is 4.21 Å². The minimum absolute atomic E-state index is 0.235. The highest BCUT2D eigenvalue weighted by Gasteiger charge is 2.26. The van der Waals surface area contributed by atoms with Crippen LogP contribution in [0.1, 0.15) is 24.7 Å². The van der Waals surface area contributed by atoms with E-state index in [0.717, 1.165) is 53.0 Å². The number of pyridine rings is 1. The molecule has 1 aliphatic rings. The van der Waals surface area contributed by atoms with Crippen LogP contribution in [0.2, 0.25) is 5.02 Å². The lowest BCUT2D eigenvalue weighted by Crippen LogP contribution is -2.25. The lowest BCUT2D eigenvalue weighted by Gasteiger charge is -2.24. The maximum absolute atomic E-state index is 11.7. The number of rotatable bonds is 5. The number of oxazole rings is 1. The first kappa shape index (κ1) is 20.9. The Labute approximate surface area is 186 Å². The molecule has 5 nitrogen and oxygen atoms in total. The molecule has 0 N–H and O–H groups in total. The first-order valence-corrected chi connectivity index (χ1v) is 12.2. The van der Waals surface area contributed by atoms with Crippen molar-refractivity contribution in [3.8, 4) is 11.3 Å². The predicted octanol–water partition coefficient (Wildman–Crippen LogP) is 5.61. The Bertz CT molecular complexity index is 1000. The molecule has 0 bridgehead atoms. The van der Waals surface area contributed by atoms with Crippen LogP contribution in [-0.2, 0) is 10.8 Å². The highest BCUT2D eigenvalue weighted by molar-refractivity contribution is 7.99. The molecule has 152 valence electrons.